The van der Waals surface area contributed by atoms with E-state index in [1.807, 2.05) is 41.3 Å². The molecular weight excluding hydrogens is 248 g/mol. The second kappa shape index (κ2) is 4.09. The maximum atomic E-state index is 12.4. The van der Waals surface area contributed by atoms with E-state index in [9.17, 15) is 4.79 Å². The number of thiophene rings is 2. The molecule has 0 unspecified atom stereocenters. The lowest BCUT2D eigenvalue weighted by molar-refractivity contribution is 0.104. The van der Waals surface area contributed by atoms with Gasteiger partial charge in [0.1, 0.15) is 0 Å². The first-order valence-electron chi connectivity index (χ1n) is 5.31. The third-order valence-corrected chi connectivity index (χ3v) is 4.65. The van der Waals surface area contributed by atoms with Gasteiger partial charge in [-0.1, -0.05) is 18.2 Å². The molecular formula is C14H10OS2. The molecule has 0 aliphatic carbocycles. The average molecular weight is 258 g/mol. The van der Waals surface area contributed by atoms with Gasteiger partial charge >= 0.3 is 0 Å². The van der Waals surface area contributed by atoms with Crippen molar-refractivity contribution < 1.29 is 4.79 Å². The molecule has 0 saturated carbocycles. The smallest absolute Gasteiger partial charge is 0.195 e. The first-order chi connectivity index (χ1) is 8.27. The summed E-state index contributed by atoms with van der Waals surface area (Å²) in [6.45, 7) is 1.98. The lowest BCUT2D eigenvalue weighted by atomic mass is 10.0. The van der Waals surface area contributed by atoms with Crippen LogP contribution in [0.4, 0.5) is 0 Å². The molecule has 2 heterocycles. The van der Waals surface area contributed by atoms with Gasteiger partial charge in [-0.05, 0) is 23.9 Å². The predicted molar refractivity (Wildman–Crippen MR) is 74.3 cm³/mol. The van der Waals surface area contributed by atoms with Crippen LogP contribution < -0.4 is 0 Å². The van der Waals surface area contributed by atoms with Crippen molar-refractivity contribution >= 4 is 38.5 Å². The van der Waals surface area contributed by atoms with E-state index in [-0.39, 0.29) is 5.78 Å². The van der Waals surface area contributed by atoms with E-state index in [2.05, 4.69) is 6.07 Å². The summed E-state index contributed by atoms with van der Waals surface area (Å²) in [4.78, 5) is 12.4. The maximum Gasteiger partial charge on any atom is 0.195 e. The lowest BCUT2D eigenvalue weighted by Gasteiger charge is -1.98. The van der Waals surface area contributed by atoms with Crippen molar-refractivity contribution in [3.63, 3.8) is 0 Å². The first kappa shape index (κ1) is 10.7. The lowest BCUT2D eigenvalue weighted by Crippen LogP contribution is -2.00. The molecule has 1 nitrogen and oxygen atoms in total. The molecule has 0 bridgehead atoms. The summed E-state index contributed by atoms with van der Waals surface area (Å²) >= 11 is 3.21. The van der Waals surface area contributed by atoms with Gasteiger partial charge in [-0.3, -0.25) is 4.79 Å². The van der Waals surface area contributed by atoms with Gasteiger partial charge in [-0.15, -0.1) is 11.3 Å². The molecule has 1 aromatic carbocycles. The molecule has 17 heavy (non-hydrogen) atoms. The zero-order chi connectivity index (χ0) is 11.8. The quantitative estimate of drug-likeness (QED) is 0.618. The molecule has 84 valence electrons. The Balaban J connectivity index is 2.17. The predicted octanol–water partition coefficient (Wildman–Crippen LogP) is 4.50. The number of carbonyl (C=O) groups excluding carboxylic acids is 1. The molecule has 3 heteroatoms. The number of rotatable bonds is 2. The number of fused-ring (bicyclic) bond motifs is 1. The Labute approximate surface area is 107 Å². The number of hydrogen-bond donors (Lipinski definition) is 0. The fourth-order valence-electron chi connectivity index (χ4n) is 1.89. The fraction of sp³-hybridized carbons (Fsp3) is 0.0714. The van der Waals surface area contributed by atoms with Gasteiger partial charge < -0.3 is 0 Å². The highest BCUT2D eigenvalue weighted by Crippen LogP contribution is 2.29. The van der Waals surface area contributed by atoms with Crippen LogP contribution in [0.1, 0.15) is 21.5 Å². The molecule has 3 aromatic rings. The molecule has 3 rings (SSSR count). The summed E-state index contributed by atoms with van der Waals surface area (Å²) in [6.07, 6.45) is 0. The Kier molecular flexibility index (Phi) is 2.57. The molecule has 0 saturated heterocycles. The van der Waals surface area contributed by atoms with Crippen LogP contribution in [0.25, 0.3) is 10.1 Å². The summed E-state index contributed by atoms with van der Waals surface area (Å²) in [5.41, 5.74) is 2.72. The number of carbonyl (C=O) groups is 1. The Morgan fingerprint density at radius 1 is 1.06 bits per heavy atom. The zero-order valence-corrected chi connectivity index (χ0v) is 10.9. The molecule has 0 spiro atoms. The second-order valence-corrected chi connectivity index (χ2v) is 5.60. The Morgan fingerprint density at radius 3 is 2.65 bits per heavy atom. The van der Waals surface area contributed by atoms with Gasteiger partial charge in [0, 0.05) is 32.0 Å². The highest BCUT2D eigenvalue weighted by Gasteiger charge is 2.16. The van der Waals surface area contributed by atoms with E-state index in [4.69, 9.17) is 0 Å². The van der Waals surface area contributed by atoms with Crippen molar-refractivity contribution in [3.8, 4) is 0 Å². The van der Waals surface area contributed by atoms with E-state index in [0.29, 0.717) is 0 Å². The molecule has 0 N–H and O–H groups in total. The number of aryl methyl sites for hydroxylation is 1. The molecule has 0 aliphatic heterocycles. The van der Waals surface area contributed by atoms with E-state index in [1.54, 1.807) is 22.7 Å². The minimum absolute atomic E-state index is 0.140. The van der Waals surface area contributed by atoms with Crippen LogP contribution in [0.3, 0.4) is 0 Å². The highest BCUT2D eigenvalue weighted by molar-refractivity contribution is 7.17. The Bertz CT molecular complexity index is 691. The standard InChI is InChI=1S/C14H10OS2/c1-9-6-16-7-11(9)14(15)12-8-17-13-5-3-2-4-10(12)13/h2-8H,1H3. The number of benzene rings is 1. The normalized spacial score (nSPS) is 10.9. The second-order valence-electron chi connectivity index (χ2n) is 3.94. The summed E-state index contributed by atoms with van der Waals surface area (Å²) in [5.74, 6) is 0.140. The van der Waals surface area contributed by atoms with E-state index in [0.717, 1.165) is 22.1 Å². The minimum atomic E-state index is 0.140. The molecule has 0 fully saturated rings. The van der Waals surface area contributed by atoms with Crippen LogP contribution in [-0.4, -0.2) is 5.78 Å². The topological polar surface area (TPSA) is 17.1 Å². The van der Waals surface area contributed by atoms with Crippen molar-refractivity contribution in [2.24, 2.45) is 0 Å². The van der Waals surface area contributed by atoms with Gasteiger partial charge in [0.15, 0.2) is 5.78 Å². The highest BCUT2D eigenvalue weighted by atomic mass is 32.1. The van der Waals surface area contributed by atoms with Gasteiger partial charge in [0.2, 0.25) is 0 Å². The van der Waals surface area contributed by atoms with Crippen molar-refractivity contribution in [2.45, 2.75) is 6.92 Å². The Hall–Kier alpha value is -1.45. The van der Waals surface area contributed by atoms with E-state index < -0.39 is 0 Å². The van der Waals surface area contributed by atoms with Gasteiger partial charge in [-0.2, -0.15) is 11.3 Å². The third-order valence-electron chi connectivity index (χ3n) is 2.83. The van der Waals surface area contributed by atoms with Crippen molar-refractivity contribution in [1.29, 1.82) is 0 Å². The maximum absolute atomic E-state index is 12.4. The monoisotopic (exact) mass is 258 g/mol. The largest absolute Gasteiger partial charge is 0.289 e. The number of hydrogen-bond acceptors (Lipinski definition) is 3. The van der Waals surface area contributed by atoms with Crippen molar-refractivity contribution in [2.75, 3.05) is 0 Å². The SMILES string of the molecule is Cc1cscc1C(=O)c1csc2ccccc12. The summed E-state index contributed by atoms with van der Waals surface area (Å²) < 4.78 is 1.17. The van der Waals surface area contributed by atoms with Crippen LogP contribution in [0, 0.1) is 6.92 Å². The number of ketones is 1. The average Bonchev–Trinajstić information content (AvgIpc) is 2.94. The zero-order valence-electron chi connectivity index (χ0n) is 9.27. The fourth-order valence-corrected chi connectivity index (χ4v) is 3.66. The van der Waals surface area contributed by atoms with E-state index in [1.165, 1.54) is 4.70 Å². The minimum Gasteiger partial charge on any atom is -0.289 e. The van der Waals surface area contributed by atoms with Gasteiger partial charge in [0.05, 0.1) is 0 Å². The van der Waals surface area contributed by atoms with Gasteiger partial charge in [-0.25, -0.2) is 0 Å². The summed E-state index contributed by atoms with van der Waals surface area (Å²) in [6, 6.07) is 8.05. The van der Waals surface area contributed by atoms with Crippen LogP contribution in [-0.2, 0) is 0 Å². The summed E-state index contributed by atoms with van der Waals surface area (Å²) in [5, 5.41) is 6.98. The molecule has 2 aromatic heterocycles. The molecule has 0 radical (unpaired) electrons. The van der Waals surface area contributed by atoms with Crippen molar-refractivity contribution in [1.82, 2.24) is 0 Å². The van der Waals surface area contributed by atoms with Crippen LogP contribution in [0.2, 0.25) is 0 Å². The van der Waals surface area contributed by atoms with E-state index >= 15 is 0 Å². The first-order valence-corrected chi connectivity index (χ1v) is 7.13. The molecule has 0 amide bonds. The third kappa shape index (κ3) is 1.72. The van der Waals surface area contributed by atoms with Crippen LogP contribution in [0.5, 0.6) is 0 Å². The molecule has 0 atom stereocenters. The van der Waals surface area contributed by atoms with Gasteiger partial charge in [0.25, 0.3) is 0 Å². The van der Waals surface area contributed by atoms with Crippen molar-refractivity contribution in [3.05, 3.63) is 57.1 Å². The Morgan fingerprint density at radius 2 is 1.88 bits per heavy atom. The summed E-state index contributed by atoms with van der Waals surface area (Å²) in [7, 11) is 0. The molecule has 0 aliphatic rings. The van der Waals surface area contributed by atoms with Crippen LogP contribution >= 0.6 is 22.7 Å². The van der Waals surface area contributed by atoms with Crippen LogP contribution in [0.15, 0.2) is 40.4 Å².